The SMILES string of the molecule is [2H]C1([2H])C2=Cc3cc(OC)ccc3-c3c(C4CC([2H])([2H])C([2H])([2H])C([2H])([2H])C4)c4ccc(cc4n31)C(=O)NS(=O)(=O)N(C)CCOCCN(C)C2=O. The van der Waals surface area contributed by atoms with Gasteiger partial charge < -0.3 is 18.9 Å². The zero-order chi connectivity index (χ0) is 37.5. The lowest BCUT2D eigenvalue weighted by molar-refractivity contribution is -0.126. The molecule has 0 saturated heterocycles. The van der Waals surface area contributed by atoms with Crippen molar-refractivity contribution in [3.8, 4) is 17.0 Å². The molecule has 2 aromatic carbocycles. The second kappa shape index (κ2) is 11.8. The Hall–Kier alpha value is -3.67. The molecule has 3 aliphatic rings. The molecule has 10 nitrogen and oxygen atoms in total. The highest BCUT2D eigenvalue weighted by Crippen LogP contribution is 2.47. The van der Waals surface area contributed by atoms with Gasteiger partial charge in [0.25, 0.3) is 11.8 Å². The minimum absolute atomic E-state index is 0.00765. The fourth-order valence-corrected chi connectivity index (χ4v) is 6.36. The minimum atomic E-state index is -4.34. The van der Waals surface area contributed by atoms with E-state index in [0.717, 1.165) is 4.31 Å². The number of ether oxygens (including phenoxy) is 2. The number of hydrogen-bond acceptors (Lipinski definition) is 6. The topological polar surface area (TPSA) is 110 Å². The number of likely N-dealkylation sites (N-methyl/N-ethyl adjacent to an activating group) is 2. The number of fused-ring (bicyclic) bond motifs is 4. The average molecular weight is 615 g/mol. The lowest BCUT2D eigenvalue weighted by Gasteiger charge is -2.24. The van der Waals surface area contributed by atoms with Crippen molar-refractivity contribution in [3.05, 3.63) is 58.7 Å². The van der Waals surface area contributed by atoms with Crippen molar-refractivity contribution in [2.24, 2.45) is 0 Å². The molecular weight excluding hydrogens is 568 g/mol. The maximum atomic E-state index is 14.2. The Kier molecular flexibility index (Phi) is 5.78. The van der Waals surface area contributed by atoms with Gasteiger partial charge in [0.05, 0.1) is 35.3 Å². The second-order valence-electron chi connectivity index (χ2n) is 10.6. The Labute approximate surface area is 263 Å². The Morgan fingerprint density at radius 2 is 1.79 bits per heavy atom. The van der Waals surface area contributed by atoms with Gasteiger partial charge >= 0.3 is 10.2 Å². The first-order chi connectivity index (χ1) is 23.6. The van der Waals surface area contributed by atoms with Crippen molar-refractivity contribution in [2.45, 2.75) is 44.4 Å². The van der Waals surface area contributed by atoms with Crippen molar-refractivity contribution < 1.29 is 38.4 Å². The Morgan fingerprint density at radius 1 is 1.02 bits per heavy atom. The molecule has 4 bridgehead atoms. The third kappa shape index (κ3) is 5.57. The number of carbonyl (C=O) groups excluding carboxylic acids is 2. The number of nitrogens with one attached hydrogen (secondary N) is 1. The van der Waals surface area contributed by atoms with Crippen LogP contribution in [0, 0.1) is 0 Å². The van der Waals surface area contributed by atoms with Gasteiger partial charge in [0.15, 0.2) is 0 Å². The Morgan fingerprint density at radius 3 is 2.56 bits per heavy atom. The predicted octanol–water partition coefficient (Wildman–Crippen LogP) is 4.16. The smallest absolute Gasteiger partial charge is 0.303 e. The van der Waals surface area contributed by atoms with E-state index in [0.29, 0.717) is 27.8 Å². The number of benzene rings is 2. The summed E-state index contributed by atoms with van der Waals surface area (Å²) in [5, 5.41) is 0.291. The normalized spacial score (nSPS) is 27.9. The summed E-state index contributed by atoms with van der Waals surface area (Å²) >= 11 is 0. The van der Waals surface area contributed by atoms with Crippen molar-refractivity contribution in [2.75, 3.05) is 47.5 Å². The summed E-state index contributed by atoms with van der Waals surface area (Å²) < 4.78 is 112. The van der Waals surface area contributed by atoms with Crippen LogP contribution < -0.4 is 9.46 Å². The number of nitrogens with zero attached hydrogens (tertiary/aromatic N) is 3. The fourth-order valence-electron chi connectivity index (χ4n) is 5.53. The molecule has 1 fully saturated rings. The van der Waals surface area contributed by atoms with Crippen LogP contribution in [0.3, 0.4) is 0 Å². The summed E-state index contributed by atoms with van der Waals surface area (Å²) in [6.45, 7) is -2.81. The van der Waals surface area contributed by atoms with E-state index in [-0.39, 0.29) is 48.7 Å². The second-order valence-corrected chi connectivity index (χ2v) is 12.4. The van der Waals surface area contributed by atoms with Crippen LogP contribution in [0.2, 0.25) is 0 Å². The summed E-state index contributed by atoms with van der Waals surface area (Å²) in [7, 11) is -0.145. The molecule has 11 heteroatoms. The minimum Gasteiger partial charge on any atom is -0.497 e. The first-order valence-electron chi connectivity index (χ1n) is 17.9. The summed E-state index contributed by atoms with van der Waals surface area (Å²) in [5.74, 6) is -2.32. The molecule has 228 valence electrons. The molecule has 1 aromatic heterocycles. The number of hydrogen-bond donors (Lipinski definition) is 1. The Balaban J connectivity index is 1.71. The lowest BCUT2D eigenvalue weighted by Crippen LogP contribution is -2.42. The number of aromatic nitrogens is 1. The molecule has 2 amide bonds. The summed E-state index contributed by atoms with van der Waals surface area (Å²) in [5.41, 5.74) is 0.804. The molecule has 2 aliphatic heterocycles. The van der Waals surface area contributed by atoms with E-state index in [1.165, 1.54) is 54.9 Å². The molecule has 0 spiro atoms. The largest absolute Gasteiger partial charge is 0.497 e. The molecule has 1 aliphatic carbocycles. The van der Waals surface area contributed by atoms with Gasteiger partial charge in [0, 0.05) is 63.0 Å². The van der Waals surface area contributed by atoms with Crippen LogP contribution in [0.5, 0.6) is 5.75 Å². The van der Waals surface area contributed by atoms with Crippen LogP contribution in [-0.2, 0) is 26.2 Å². The van der Waals surface area contributed by atoms with Gasteiger partial charge in [0.1, 0.15) is 5.75 Å². The van der Waals surface area contributed by atoms with E-state index in [2.05, 4.69) is 0 Å². The maximum absolute atomic E-state index is 14.2. The van der Waals surface area contributed by atoms with E-state index in [1.807, 2.05) is 4.72 Å². The zero-order valence-corrected chi connectivity index (χ0v) is 24.9. The molecule has 3 aromatic rings. The Bertz CT molecular complexity index is 2060. The van der Waals surface area contributed by atoms with Gasteiger partial charge in [-0.1, -0.05) is 25.2 Å². The first-order valence-corrected chi connectivity index (χ1v) is 15.3. The third-order valence-electron chi connectivity index (χ3n) is 7.93. The molecule has 1 saturated carbocycles. The van der Waals surface area contributed by atoms with E-state index in [9.17, 15) is 20.7 Å². The van der Waals surface area contributed by atoms with Gasteiger partial charge in [-0.2, -0.15) is 12.7 Å². The molecule has 3 heterocycles. The highest BCUT2D eigenvalue weighted by atomic mass is 32.2. The van der Waals surface area contributed by atoms with Crippen molar-refractivity contribution in [1.29, 1.82) is 0 Å². The lowest BCUT2D eigenvalue weighted by atomic mass is 9.81. The van der Waals surface area contributed by atoms with Crippen molar-refractivity contribution in [1.82, 2.24) is 18.5 Å². The molecule has 0 atom stereocenters. The van der Waals surface area contributed by atoms with E-state index in [1.54, 1.807) is 18.2 Å². The molecule has 0 unspecified atom stereocenters. The number of rotatable bonds is 2. The fraction of sp³-hybridized carbons (Fsp3) is 0.438. The van der Waals surface area contributed by atoms with E-state index >= 15 is 0 Å². The number of methoxy groups -OCH3 is 1. The molecule has 0 radical (unpaired) electrons. The van der Waals surface area contributed by atoms with Crippen LogP contribution in [0.25, 0.3) is 28.2 Å². The molecule has 43 heavy (non-hydrogen) atoms. The van der Waals surface area contributed by atoms with E-state index < -0.39 is 66.4 Å². The summed E-state index contributed by atoms with van der Waals surface area (Å²) in [6, 6.07) is 8.97. The summed E-state index contributed by atoms with van der Waals surface area (Å²) in [4.78, 5) is 29.0. The van der Waals surface area contributed by atoms with Gasteiger partial charge in [-0.05, 0) is 66.3 Å². The van der Waals surface area contributed by atoms with Gasteiger partial charge in [0.2, 0.25) is 0 Å². The monoisotopic (exact) mass is 614 g/mol. The quantitative estimate of drug-likeness (QED) is 0.465. The van der Waals surface area contributed by atoms with Crippen molar-refractivity contribution >= 4 is 39.0 Å². The van der Waals surface area contributed by atoms with Gasteiger partial charge in [-0.3, -0.25) is 9.59 Å². The van der Waals surface area contributed by atoms with Crippen LogP contribution in [-0.4, -0.2) is 81.5 Å². The standard InChI is InChI=1S/C32H38N4O6S/c1-34-13-15-42-16-14-35(2)43(39,40)33-31(37)22-9-11-27-28(19-22)36-20-24(32(34)38)17-23-18-25(41-3)10-12-26(23)30(36)29(27)21-7-5-4-6-8-21/h9-12,17-19,21H,4-8,13-16,20H2,1-3H3,(H,33,37)/i4D2,5D2,6D2,20D2. The molecular formula is C32H38N4O6S. The van der Waals surface area contributed by atoms with Crippen LogP contribution in [0.4, 0.5) is 0 Å². The van der Waals surface area contributed by atoms with Gasteiger partial charge in [-0.25, -0.2) is 4.72 Å². The molecule has 6 rings (SSSR count). The first kappa shape index (κ1) is 21.1. The predicted molar refractivity (Wildman–Crippen MR) is 165 cm³/mol. The molecule has 1 N–H and O–H groups in total. The maximum Gasteiger partial charge on any atom is 0.303 e. The van der Waals surface area contributed by atoms with E-state index in [4.69, 9.17) is 17.7 Å². The third-order valence-corrected chi connectivity index (χ3v) is 9.37. The van der Waals surface area contributed by atoms with Crippen LogP contribution in [0.15, 0.2) is 42.0 Å². The average Bonchev–Trinajstić information content (AvgIpc) is 3.35. The highest BCUT2D eigenvalue weighted by Gasteiger charge is 2.31. The van der Waals surface area contributed by atoms with Crippen LogP contribution in [0.1, 0.15) is 70.3 Å². The zero-order valence-electron chi connectivity index (χ0n) is 32.1. The van der Waals surface area contributed by atoms with Crippen LogP contribution >= 0.6 is 0 Å². The number of amides is 2. The van der Waals surface area contributed by atoms with Gasteiger partial charge in [-0.15, -0.1) is 0 Å². The van der Waals surface area contributed by atoms with Crippen molar-refractivity contribution in [3.63, 3.8) is 0 Å². The summed E-state index contributed by atoms with van der Waals surface area (Å²) in [6.07, 6.45) is -7.68. The highest BCUT2D eigenvalue weighted by molar-refractivity contribution is 7.87. The number of carbonyl (C=O) groups is 2.